The predicted molar refractivity (Wildman–Crippen MR) is 81.6 cm³/mol. The van der Waals surface area contributed by atoms with Crippen molar-refractivity contribution in [2.75, 3.05) is 0 Å². The highest BCUT2D eigenvalue weighted by Gasteiger charge is 2.09. The zero-order valence-corrected chi connectivity index (χ0v) is 12.3. The topological polar surface area (TPSA) is 56.5 Å². The minimum absolute atomic E-state index is 0.324. The second-order valence-corrected chi connectivity index (χ2v) is 5.27. The number of hydrogen-bond acceptors (Lipinski definition) is 4. The van der Waals surface area contributed by atoms with Gasteiger partial charge in [-0.05, 0) is 42.5 Å². The van der Waals surface area contributed by atoms with Crippen LogP contribution in [-0.4, -0.2) is 5.97 Å². The molecule has 0 spiro atoms. The van der Waals surface area contributed by atoms with Crippen molar-refractivity contribution in [2.45, 2.75) is 0 Å². The highest BCUT2D eigenvalue weighted by atomic mass is 79.9. The van der Waals surface area contributed by atoms with Crippen molar-refractivity contribution < 1.29 is 13.9 Å². The molecule has 0 fully saturated rings. The molecule has 0 atom stereocenters. The molecule has 0 saturated carbocycles. The molecule has 0 radical (unpaired) electrons. The molecule has 4 nitrogen and oxygen atoms in total. The number of benzene rings is 2. The molecule has 0 aliphatic carbocycles. The number of ether oxygens (including phenoxy) is 1. The summed E-state index contributed by atoms with van der Waals surface area (Å²) in [6, 6.07) is 14.7. The number of hydrogen-bond donors (Lipinski definition) is 0. The number of rotatable bonds is 2. The van der Waals surface area contributed by atoms with Gasteiger partial charge in [-0.25, -0.2) is 9.59 Å². The number of carbonyl (C=O) groups excluding carboxylic acids is 1. The van der Waals surface area contributed by atoms with Crippen molar-refractivity contribution in [1.29, 1.82) is 0 Å². The summed E-state index contributed by atoms with van der Waals surface area (Å²) in [6.45, 7) is 0. The van der Waals surface area contributed by atoms with Gasteiger partial charge in [0.1, 0.15) is 11.3 Å². The highest BCUT2D eigenvalue weighted by Crippen LogP contribution is 2.20. The van der Waals surface area contributed by atoms with Gasteiger partial charge in [0, 0.05) is 22.0 Å². The molecule has 21 heavy (non-hydrogen) atoms. The van der Waals surface area contributed by atoms with Crippen LogP contribution >= 0.6 is 15.9 Å². The summed E-state index contributed by atoms with van der Waals surface area (Å²) in [7, 11) is 0. The van der Waals surface area contributed by atoms with Crippen LogP contribution < -0.4 is 10.4 Å². The molecule has 0 bridgehead atoms. The van der Waals surface area contributed by atoms with Crippen molar-refractivity contribution in [3.05, 3.63) is 75.1 Å². The van der Waals surface area contributed by atoms with Crippen molar-refractivity contribution in [2.24, 2.45) is 0 Å². The van der Waals surface area contributed by atoms with Crippen molar-refractivity contribution in [3.63, 3.8) is 0 Å². The SMILES string of the molecule is O=C(Oc1ccc2ccc(=O)oc2c1)c1ccc(Br)cc1. The first kappa shape index (κ1) is 13.6. The molecule has 0 amide bonds. The first-order valence-corrected chi connectivity index (χ1v) is 6.93. The summed E-state index contributed by atoms with van der Waals surface area (Å²) >= 11 is 3.30. The van der Waals surface area contributed by atoms with Crippen LogP contribution in [0, 0.1) is 0 Å². The number of fused-ring (bicyclic) bond motifs is 1. The average molecular weight is 345 g/mol. The van der Waals surface area contributed by atoms with Gasteiger partial charge < -0.3 is 9.15 Å². The van der Waals surface area contributed by atoms with E-state index in [1.807, 2.05) is 0 Å². The summed E-state index contributed by atoms with van der Waals surface area (Å²) < 4.78 is 11.2. The number of halogens is 1. The van der Waals surface area contributed by atoms with Gasteiger partial charge in [-0.3, -0.25) is 0 Å². The second kappa shape index (κ2) is 5.54. The van der Waals surface area contributed by atoms with Crippen LogP contribution in [0.1, 0.15) is 10.4 Å². The van der Waals surface area contributed by atoms with E-state index in [1.165, 1.54) is 12.1 Å². The van der Waals surface area contributed by atoms with Crippen LogP contribution in [0.5, 0.6) is 5.75 Å². The monoisotopic (exact) mass is 344 g/mol. The molecule has 3 rings (SSSR count). The minimum Gasteiger partial charge on any atom is -0.423 e. The van der Waals surface area contributed by atoms with Gasteiger partial charge in [-0.1, -0.05) is 15.9 Å². The van der Waals surface area contributed by atoms with Gasteiger partial charge in [-0.2, -0.15) is 0 Å². The summed E-state index contributed by atoms with van der Waals surface area (Å²) in [6.07, 6.45) is 0. The minimum atomic E-state index is -0.472. The van der Waals surface area contributed by atoms with Crippen LogP contribution in [-0.2, 0) is 0 Å². The summed E-state index contributed by atoms with van der Waals surface area (Å²) in [5, 5.41) is 0.762. The molecule has 0 aliphatic rings. The third-order valence-corrected chi connectivity index (χ3v) is 3.41. The van der Waals surface area contributed by atoms with E-state index in [0.717, 1.165) is 9.86 Å². The molecular formula is C16H9BrO4. The molecule has 0 N–H and O–H groups in total. The standard InChI is InChI=1S/C16H9BrO4/c17-12-5-1-11(2-6-12)16(19)20-13-7-3-10-4-8-15(18)21-14(10)9-13/h1-9H. The zero-order valence-electron chi connectivity index (χ0n) is 10.7. The van der Waals surface area contributed by atoms with Gasteiger partial charge in [0.2, 0.25) is 0 Å². The van der Waals surface area contributed by atoms with E-state index < -0.39 is 11.6 Å². The molecule has 0 aliphatic heterocycles. The summed E-state index contributed by atoms with van der Waals surface area (Å²) in [5.41, 5.74) is 0.371. The fraction of sp³-hybridized carbons (Fsp3) is 0. The molecule has 104 valence electrons. The molecule has 0 saturated heterocycles. The lowest BCUT2D eigenvalue weighted by Crippen LogP contribution is -2.08. The predicted octanol–water partition coefficient (Wildman–Crippen LogP) is 3.77. The van der Waals surface area contributed by atoms with E-state index >= 15 is 0 Å². The van der Waals surface area contributed by atoms with Crippen LogP contribution in [0.25, 0.3) is 11.0 Å². The normalized spacial score (nSPS) is 10.5. The van der Waals surface area contributed by atoms with Crippen LogP contribution in [0.15, 0.2) is 68.3 Å². The molecule has 1 heterocycles. The lowest BCUT2D eigenvalue weighted by Gasteiger charge is -2.05. The molecule has 1 aromatic heterocycles. The molecular weight excluding hydrogens is 336 g/mol. The highest BCUT2D eigenvalue weighted by molar-refractivity contribution is 9.10. The van der Waals surface area contributed by atoms with Crippen molar-refractivity contribution in [1.82, 2.24) is 0 Å². The molecule has 5 heteroatoms. The Hall–Kier alpha value is -2.40. The molecule has 3 aromatic rings. The molecule has 0 unspecified atom stereocenters. The van der Waals surface area contributed by atoms with Crippen molar-refractivity contribution in [3.8, 4) is 5.75 Å². The maximum absolute atomic E-state index is 12.0. The third kappa shape index (κ3) is 3.03. The first-order chi connectivity index (χ1) is 10.1. The van der Waals surface area contributed by atoms with Gasteiger partial charge >= 0.3 is 11.6 Å². The van der Waals surface area contributed by atoms with Crippen LogP contribution in [0.4, 0.5) is 0 Å². The van der Waals surface area contributed by atoms with Gasteiger partial charge in [-0.15, -0.1) is 0 Å². The van der Waals surface area contributed by atoms with E-state index in [1.54, 1.807) is 42.5 Å². The lowest BCUT2D eigenvalue weighted by molar-refractivity contribution is 0.0735. The third-order valence-electron chi connectivity index (χ3n) is 2.89. The Morgan fingerprint density at radius 3 is 2.48 bits per heavy atom. The van der Waals surface area contributed by atoms with Crippen LogP contribution in [0.3, 0.4) is 0 Å². The van der Waals surface area contributed by atoms with E-state index in [4.69, 9.17) is 9.15 Å². The number of esters is 1. The quantitative estimate of drug-likeness (QED) is 0.403. The Balaban J connectivity index is 1.89. The fourth-order valence-electron chi connectivity index (χ4n) is 1.86. The second-order valence-electron chi connectivity index (χ2n) is 4.35. The fourth-order valence-corrected chi connectivity index (χ4v) is 2.12. The van der Waals surface area contributed by atoms with Gasteiger partial charge in [0.05, 0.1) is 5.56 Å². The molecule has 2 aromatic carbocycles. The van der Waals surface area contributed by atoms with E-state index in [-0.39, 0.29) is 0 Å². The maximum Gasteiger partial charge on any atom is 0.343 e. The average Bonchev–Trinajstić information content (AvgIpc) is 2.47. The Labute approximate surface area is 128 Å². The summed E-state index contributed by atoms with van der Waals surface area (Å²) in [5.74, 6) is -0.148. The Morgan fingerprint density at radius 1 is 1.00 bits per heavy atom. The lowest BCUT2D eigenvalue weighted by atomic mass is 10.2. The van der Waals surface area contributed by atoms with Gasteiger partial charge in [0.25, 0.3) is 0 Å². The smallest absolute Gasteiger partial charge is 0.343 e. The summed E-state index contributed by atoms with van der Waals surface area (Å²) in [4.78, 5) is 23.2. The van der Waals surface area contributed by atoms with Gasteiger partial charge in [0.15, 0.2) is 0 Å². The van der Waals surface area contributed by atoms with E-state index in [2.05, 4.69) is 15.9 Å². The Kier molecular flexibility index (Phi) is 3.58. The maximum atomic E-state index is 12.0. The first-order valence-electron chi connectivity index (χ1n) is 6.13. The van der Waals surface area contributed by atoms with E-state index in [9.17, 15) is 9.59 Å². The van der Waals surface area contributed by atoms with Crippen molar-refractivity contribution >= 4 is 32.9 Å². The number of carbonyl (C=O) groups is 1. The largest absolute Gasteiger partial charge is 0.423 e. The van der Waals surface area contributed by atoms with Crippen LogP contribution in [0.2, 0.25) is 0 Å². The zero-order chi connectivity index (χ0) is 14.8. The van der Waals surface area contributed by atoms with E-state index in [0.29, 0.717) is 16.9 Å². The Morgan fingerprint density at radius 2 is 1.71 bits per heavy atom. The Bertz CT molecular complexity index is 865.